The van der Waals surface area contributed by atoms with Crippen LogP contribution in [0.3, 0.4) is 0 Å². The molecule has 1 aliphatic rings. The van der Waals surface area contributed by atoms with Crippen LogP contribution in [0, 0.1) is 0 Å². The molecule has 112 valence electrons. The lowest BCUT2D eigenvalue weighted by Gasteiger charge is -2.33. The number of fused-ring (bicyclic) bond motifs is 1. The lowest BCUT2D eigenvalue weighted by atomic mass is 9.89. The van der Waals surface area contributed by atoms with E-state index in [9.17, 15) is 9.59 Å². The Kier molecular flexibility index (Phi) is 3.62. The zero-order chi connectivity index (χ0) is 15.7. The molecule has 0 spiro atoms. The monoisotopic (exact) mass is 315 g/mol. The highest BCUT2D eigenvalue weighted by Gasteiger charge is 2.42. The van der Waals surface area contributed by atoms with Gasteiger partial charge in [0.05, 0.1) is 16.3 Å². The fourth-order valence-electron chi connectivity index (χ4n) is 2.48. The van der Waals surface area contributed by atoms with Gasteiger partial charge in [-0.2, -0.15) is 0 Å². The summed E-state index contributed by atoms with van der Waals surface area (Å²) in [4.78, 5) is 24.6. The first-order chi connectivity index (χ1) is 10.5. The largest absolute Gasteiger partial charge is 0.445 e. The van der Waals surface area contributed by atoms with Crippen molar-refractivity contribution in [3.8, 4) is 0 Å². The van der Waals surface area contributed by atoms with Crippen molar-refractivity contribution < 1.29 is 14.3 Å². The number of ether oxygens (including phenoxy) is 1. The van der Waals surface area contributed by atoms with Crippen molar-refractivity contribution in [3.05, 3.63) is 64.7 Å². The van der Waals surface area contributed by atoms with Crippen molar-refractivity contribution in [2.75, 3.05) is 5.32 Å². The van der Waals surface area contributed by atoms with E-state index < -0.39 is 17.5 Å². The first-order valence-corrected chi connectivity index (χ1v) is 7.25. The summed E-state index contributed by atoms with van der Waals surface area (Å²) in [6, 6.07) is 14.1. The van der Waals surface area contributed by atoms with Gasteiger partial charge in [-0.3, -0.25) is 4.79 Å². The van der Waals surface area contributed by atoms with E-state index >= 15 is 0 Å². The standard InChI is InChI=1S/C17H14ClNO3/c1-17(16(21)19-14-9-5-4-8-13(14)18)10-11-6-2-3-7-12(11)15(20)22-17/h2-9H,10H2,1H3,(H,19,21)/t17-/m0/s1. The minimum atomic E-state index is -1.26. The number of hydrogen-bond acceptors (Lipinski definition) is 3. The predicted octanol–water partition coefficient (Wildman–Crippen LogP) is 3.45. The fraction of sp³-hybridized carbons (Fsp3) is 0.176. The van der Waals surface area contributed by atoms with Gasteiger partial charge in [0, 0.05) is 6.42 Å². The molecule has 22 heavy (non-hydrogen) atoms. The number of benzene rings is 2. The molecule has 0 saturated carbocycles. The molecule has 5 heteroatoms. The van der Waals surface area contributed by atoms with E-state index in [0.717, 1.165) is 5.56 Å². The first-order valence-electron chi connectivity index (χ1n) is 6.87. The number of rotatable bonds is 2. The van der Waals surface area contributed by atoms with Gasteiger partial charge in [0.15, 0.2) is 5.60 Å². The summed E-state index contributed by atoms with van der Waals surface area (Å²) in [6.07, 6.45) is 0.325. The van der Waals surface area contributed by atoms with Crippen molar-refractivity contribution in [2.45, 2.75) is 18.9 Å². The molecule has 0 saturated heterocycles. The van der Waals surface area contributed by atoms with Gasteiger partial charge < -0.3 is 10.1 Å². The molecule has 1 aliphatic heterocycles. The predicted molar refractivity (Wildman–Crippen MR) is 84.0 cm³/mol. The minimum absolute atomic E-state index is 0.325. The molecule has 1 amide bonds. The molecule has 0 aliphatic carbocycles. The number of nitrogens with one attached hydrogen (secondary N) is 1. The summed E-state index contributed by atoms with van der Waals surface area (Å²) in [5, 5.41) is 3.16. The number of hydrogen-bond donors (Lipinski definition) is 1. The Labute approximate surface area is 133 Å². The van der Waals surface area contributed by atoms with Crippen LogP contribution in [0.5, 0.6) is 0 Å². The van der Waals surface area contributed by atoms with E-state index in [4.69, 9.17) is 16.3 Å². The van der Waals surface area contributed by atoms with E-state index in [1.165, 1.54) is 0 Å². The van der Waals surface area contributed by atoms with E-state index in [2.05, 4.69) is 5.32 Å². The van der Waals surface area contributed by atoms with Crippen molar-refractivity contribution >= 4 is 29.2 Å². The maximum absolute atomic E-state index is 12.5. The number of carbonyl (C=O) groups is 2. The molecule has 1 heterocycles. The van der Waals surface area contributed by atoms with Crippen LogP contribution in [0.2, 0.25) is 5.02 Å². The van der Waals surface area contributed by atoms with E-state index in [-0.39, 0.29) is 0 Å². The number of carbonyl (C=O) groups excluding carboxylic acids is 2. The fourth-order valence-corrected chi connectivity index (χ4v) is 2.66. The second-order valence-corrected chi connectivity index (χ2v) is 5.80. The Bertz CT molecular complexity index is 759. The average molecular weight is 316 g/mol. The second-order valence-electron chi connectivity index (χ2n) is 5.39. The summed E-state index contributed by atoms with van der Waals surface area (Å²) in [5.74, 6) is -0.887. The lowest BCUT2D eigenvalue weighted by Crippen LogP contribution is -2.48. The van der Waals surface area contributed by atoms with Crippen LogP contribution >= 0.6 is 11.6 Å². The summed E-state index contributed by atoms with van der Waals surface area (Å²) >= 11 is 6.04. The third kappa shape index (κ3) is 2.57. The molecular weight excluding hydrogens is 302 g/mol. The maximum atomic E-state index is 12.5. The SMILES string of the molecule is C[C@@]1(C(=O)Nc2ccccc2Cl)Cc2ccccc2C(=O)O1. The van der Waals surface area contributed by atoms with Gasteiger partial charge in [0.2, 0.25) is 0 Å². The van der Waals surface area contributed by atoms with Crippen molar-refractivity contribution in [1.82, 2.24) is 0 Å². The molecule has 1 atom stereocenters. The molecule has 1 N–H and O–H groups in total. The molecule has 3 rings (SSSR count). The highest BCUT2D eigenvalue weighted by molar-refractivity contribution is 6.33. The second kappa shape index (κ2) is 5.46. The van der Waals surface area contributed by atoms with Crippen LogP contribution in [-0.4, -0.2) is 17.5 Å². The van der Waals surface area contributed by atoms with Gasteiger partial charge in [0.25, 0.3) is 5.91 Å². The van der Waals surface area contributed by atoms with Crippen LogP contribution in [0.15, 0.2) is 48.5 Å². The van der Waals surface area contributed by atoms with Crippen LogP contribution in [0.4, 0.5) is 5.69 Å². The zero-order valence-corrected chi connectivity index (χ0v) is 12.7. The number of anilines is 1. The summed E-state index contributed by atoms with van der Waals surface area (Å²) < 4.78 is 5.38. The Hall–Kier alpha value is -2.33. The van der Waals surface area contributed by atoms with Crippen molar-refractivity contribution in [1.29, 1.82) is 0 Å². The van der Waals surface area contributed by atoms with E-state index in [1.54, 1.807) is 43.3 Å². The van der Waals surface area contributed by atoms with E-state index in [0.29, 0.717) is 22.7 Å². The van der Waals surface area contributed by atoms with Crippen LogP contribution in [0.1, 0.15) is 22.8 Å². The van der Waals surface area contributed by atoms with Gasteiger partial charge in [-0.15, -0.1) is 0 Å². The van der Waals surface area contributed by atoms with Crippen molar-refractivity contribution in [3.63, 3.8) is 0 Å². The number of halogens is 1. The third-order valence-electron chi connectivity index (χ3n) is 3.69. The molecule has 2 aromatic carbocycles. The molecule has 0 radical (unpaired) electrons. The molecular formula is C17H14ClNO3. The van der Waals surface area contributed by atoms with Gasteiger partial charge >= 0.3 is 5.97 Å². The molecule has 0 aromatic heterocycles. The minimum Gasteiger partial charge on any atom is -0.445 e. The van der Waals surface area contributed by atoms with Gasteiger partial charge in [-0.05, 0) is 30.7 Å². The van der Waals surface area contributed by atoms with Crippen LogP contribution < -0.4 is 5.32 Å². The Balaban J connectivity index is 1.87. The lowest BCUT2D eigenvalue weighted by molar-refractivity contribution is -0.134. The summed E-state index contributed by atoms with van der Waals surface area (Å²) in [7, 11) is 0. The summed E-state index contributed by atoms with van der Waals surface area (Å²) in [6.45, 7) is 1.60. The molecule has 0 bridgehead atoms. The molecule has 4 nitrogen and oxygen atoms in total. The topological polar surface area (TPSA) is 55.4 Å². The zero-order valence-electron chi connectivity index (χ0n) is 11.9. The highest BCUT2D eigenvalue weighted by Crippen LogP contribution is 2.30. The molecule has 0 fully saturated rings. The molecule has 0 unspecified atom stereocenters. The third-order valence-corrected chi connectivity index (χ3v) is 4.01. The number of esters is 1. The molecule has 2 aromatic rings. The quantitative estimate of drug-likeness (QED) is 0.864. The van der Waals surface area contributed by atoms with Crippen LogP contribution in [0.25, 0.3) is 0 Å². The smallest absolute Gasteiger partial charge is 0.339 e. The average Bonchev–Trinajstić information content (AvgIpc) is 2.49. The normalized spacial score (nSPS) is 20.0. The number of para-hydroxylation sites is 1. The Morgan fingerprint density at radius 2 is 1.86 bits per heavy atom. The highest BCUT2D eigenvalue weighted by atomic mass is 35.5. The summed E-state index contributed by atoms with van der Waals surface area (Å²) in [5.41, 5.74) is 0.538. The van der Waals surface area contributed by atoms with Gasteiger partial charge in [0.1, 0.15) is 0 Å². The van der Waals surface area contributed by atoms with Crippen molar-refractivity contribution in [2.24, 2.45) is 0 Å². The Morgan fingerprint density at radius 1 is 1.18 bits per heavy atom. The number of amides is 1. The maximum Gasteiger partial charge on any atom is 0.339 e. The van der Waals surface area contributed by atoms with Gasteiger partial charge in [-0.25, -0.2) is 4.79 Å². The van der Waals surface area contributed by atoms with Crippen LogP contribution in [-0.2, 0) is 16.0 Å². The Morgan fingerprint density at radius 3 is 2.64 bits per heavy atom. The number of cyclic esters (lactones) is 1. The first kappa shape index (κ1) is 14.6. The van der Waals surface area contributed by atoms with Gasteiger partial charge in [-0.1, -0.05) is 41.9 Å². The van der Waals surface area contributed by atoms with E-state index in [1.807, 2.05) is 12.1 Å².